The Bertz CT molecular complexity index is 239. The van der Waals surface area contributed by atoms with Crippen LogP contribution in [0.15, 0.2) is 0 Å². The third-order valence-corrected chi connectivity index (χ3v) is 3.54. The van der Waals surface area contributed by atoms with Crippen LogP contribution in [-0.4, -0.2) is 41.1 Å². The SMILES string of the molecule is CC(O)C1CCN(C(=O)[C@@H](N)C(C)C)CC1.Cl. The van der Waals surface area contributed by atoms with E-state index in [-0.39, 0.29) is 36.4 Å². The first-order valence-corrected chi connectivity index (χ1v) is 6.16. The largest absolute Gasteiger partial charge is 0.393 e. The molecule has 0 aliphatic carbocycles. The van der Waals surface area contributed by atoms with Crippen molar-refractivity contribution >= 4 is 18.3 Å². The van der Waals surface area contributed by atoms with Gasteiger partial charge in [-0.05, 0) is 31.6 Å². The molecule has 0 bridgehead atoms. The minimum absolute atomic E-state index is 0. The van der Waals surface area contributed by atoms with Crippen LogP contribution in [0.4, 0.5) is 0 Å². The summed E-state index contributed by atoms with van der Waals surface area (Å²) in [5.41, 5.74) is 5.84. The molecule has 1 fully saturated rings. The highest BCUT2D eigenvalue weighted by Gasteiger charge is 2.28. The molecule has 1 aliphatic rings. The molecule has 3 N–H and O–H groups in total. The normalized spacial score (nSPS) is 20.9. The fraction of sp³-hybridized carbons (Fsp3) is 0.917. The fourth-order valence-corrected chi connectivity index (χ4v) is 2.10. The molecule has 17 heavy (non-hydrogen) atoms. The van der Waals surface area contributed by atoms with Gasteiger partial charge in [0.1, 0.15) is 0 Å². The van der Waals surface area contributed by atoms with Gasteiger partial charge in [0, 0.05) is 13.1 Å². The highest BCUT2D eigenvalue weighted by Crippen LogP contribution is 2.21. The summed E-state index contributed by atoms with van der Waals surface area (Å²) in [7, 11) is 0. The van der Waals surface area contributed by atoms with E-state index in [0.717, 1.165) is 25.9 Å². The predicted octanol–water partition coefficient (Wildman–Crippen LogP) is 1.01. The molecule has 1 aliphatic heterocycles. The fourth-order valence-electron chi connectivity index (χ4n) is 2.10. The Balaban J connectivity index is 0.00000256. The van der Waals surface area contributed by atoms with E-state index < -0.39 is 0 Å². The number of amides is 1. The third-order valence-electron chi connectivity index (χ3n) is 3.54. The Morgan fingerprint density at radius 2 is 1.76 bits per heavy atom. The number of aliphatic hydroxyl groups excluding tert-OH is 1. The molecule has 1 unspecified atom stereocenters. The Kier molecular flexibility index (Phi) is 7.05. The van der Waals surface area contributed by atoms with Crippen molar-refractivity contribution in [2.75, 3.05) is 13.1 Å². The second-order valence-corrected chi connectivity index (χ2v) is 5.17. The van der Waals surface area contributed by atoms with Crippen LogP contribution in [0, 0.1) is 11.8 Å². The van der Waals surface area contributed by atoms with E-state index in [4.69, 9.17) is 5.73 Å². The first-order chi connectivity index (χ1) is 7.43. The van der Waals surface area contributed by atoms with Crippen molar-refractivity contribution < 1.29 is 9.90 Å². The topological polar surface area (TPSA) is 66.6 Å². The van der Waals surface area contributed by atoms with E-state index >= 15 is 0 Å². The Morgan fingerprint density at radius 1 is 1.29 bits per heavy atom. The van der Waals surface area contributed by atoms with E-state index in [1.807, 2.05) is 25.7 Å². The average Bonchev–Trinajstić information content (AvgIpc) is 2.27. The van der Waals surface area contributed by atoms with Gasteiger partial charge in [-0.25, -0.2) is 0 Å². The van der Waals surface area contributed by atoms with Gasteiger partial charge in [0.15, 0.2) is 0 Å². The second-order valence-electron chi connectivity index (χ2n) is 5.17. The number of aliphatic hydroxyl groups is 1. The van der Waals surface area contributed by atoms with Gasteiger partial charge in [0.05, 0.1) is 12.1 Å². The van der Waals surface area contributed by atoms with Crippen LogP contribution in [0.25, 0.3) is 0 Å². The molecule has 0 radical (unpaired) electrons. The van der Waals surface area contributed by atoms with Crippen molar-refractivity contribution in [3.63, 3.8) is 0 Å². The summed E-state index contributed by atoms with van der Waals surface area (Å²) >= 11 is 0. The van der Waals surface area contributed by atoms with Crippen LogP contribution in [0.1, 0.15) is 33.6 Å². The molecule has 0 aromatic heterocycles. The highest BCUT2D eigenvalue weighted by atomic mass is 35.5. The van der Waals surface area contributed by atoms with Crippen molar-refractivity contribution in [3.05, 3.63) is 0 Å². The van der Waals surface area contributed by atoms with E-state index in [1.54, 1.807) is 0 Å². The molecule has 102 valence electrons. The second kappa shape index (κ2) is 7.19. The molecule has 0 spiro atoms. The van der Waals surface area contributed by atoms with Gasteiger partial charge >= 0.3 is 0 Å². The zero-order chi connectivity index (χ0) is 12.3. The summed E-state index contributed by atoms with van der Waals surface area (Å²) in [5, 5.41) is 9.47. The third kappa shape index (κ3) is 4.45. The summed E-state index contributed by atoms with van der Waals surface area (Å²) in [6.45, 7) is 7.21. The number of piperidine rings is 1. The lowest BCUT2D eigenvalue weighted by Gasteiger charge is -2.35. The van der Waals surface area contributed by atoms with Crippen LogP contribution in [-0.2, 0) is 4.79 Å². The monoisotopic (exact) mass is 264 g/mol. The van der Waals surface area contributed by atoms with Crippen LogP contribution in [0.3, 0.4) is 0 Å². The van der Waals surface area contributed by atoms with Gasteiger partial charge in [-0.2, -0.15) is 0 Å². The number of nitrogens with two attached hydrogens (primary N) is 1. The van der Waals surface area contributed by atoms with Gasteiger partial charge in [-0.15, -0.1) is 12.4 Å². The highest BCUT2D eigenvalue weighted by molar-refractivity contribution is 5.85. The maximum atomic E-state index is 12.0. The number of carbonyl (C=O) groups excluding carboxylic acids is 1. The van der Waals surface area contributed by atoms with Gasteiger partial charge < -0.3 is 15.7 Å². The van der Waals surface area contributed by atoms with Crippen LogP contribution < -0.4 is 5.73 Å². The lowest BCUT2D eigenvalue weighted by molar-refractivity contribution is -0.135. The molecule has 0 aromatic carbocycles. The van der Waals surface area contributed by atoms with Gasteiger partial charge in [-0.1, -0.05) is 13.8 Å². The molecule has 1 saturated heterocycles. The molecule has 0 saturated carbocycles. The summed E-state index contributed by atoms with van der Waals surface area (Å²) in [5.74, 6) is 0.570. The first-order valence-electron chi connectivity index (χ1n) is 6.16. The molecular formula is C12H25ClN2O2. The Hall–Kier alpha value is -0.320. The lowest BCUT2D eigenvalue weighted by atomic mass is 9.91. The number of rotatable bonds is 3. The summed E-state index contributed by atoms with van der Waals surface area (Å²) in [6, 6.07) is -0.386. The lowest BCUT2D eigenvalue weighted by Crippen LogP contribution is -2.49. The number of carbonyl (C=O) groups is 1. The van der Waals surface area contributed by atoms with Crippen molar-refractivity contribution in [1.29, 1.82) is 0 Å². The summed E-state index contributed by atoms with van der Waals surface area (Å²) in [4.78, 5) is 13.8. The van der Waals surface area contributed by atoms with Gasteiger partial charge in [0.25, 0.3) is 0 Å². The molecule has 1 heterocycles. The average molecular weight is 265 g/mol. The molecular weight excluding hydrogens is 240 g/mol. The van der Waals surface area contributed by atoms with Gasteiger partial charge in [0.2, 0.25) is 5.91 Å². The van der Waals surface area contributed by atoms with E-state index in [1.165, 1.54) is 0 Å². The van der Waals surface area contributed by atoms with Crippen molar-refractivity contribution in [2.45, 2.75) is 45.8 Å². The van der Waals surface area contributed by atoms with Crippen molar-refractivity contribution in [2.24, 2.45) is 17.6 Å². The number of hydrogen-bond acceptors (Lipinski definition) is 3. The molecule has 1 amide bonds. The Morgan fingerprint density at radius 3 is 2.12 bits per heavy atom. The summed E-state index contributed by atoms with van der Waals surface area (Å²) in [6.07, 6.45) is 1.50. The number of likely N-dealkylation sites (tertiary alicyclic amines) is 1. The zero-order valence-corrected chi connectivity index (χ0v) is 11.7. The Labute approximate surface area is 110 Å². The minimum Gasteiger partial charge on any atom is -0.393 e. The van der Waals surface area contributed by atoms with E-state index in [9.17, 15) is 9.90 Å². The molecule has 2 atom stereocenters. The summed E-state index contributed by atoms with van der Waals surface area (Å²) < 4.78 is 0. The quantitative estimate of drug-likeness (QED) is 0.800. The molecule has 5 heteroatoms. The zero-order valence-electron chi connectivity index (χ0n) is 10.9. The smallest absolute Gasteiger partial charge is 0.239 e. The molecule has 0 aromatic rings. The number of nitrogens with zero attached hydrogens (tertiary/aromatic N) is 1. The predicted molar refractivity (Wildman–Crippen MR) is 71.0 cm³/mol. The molecule has 4 nitrogen and oxygen atoms in total. The maximum absolute atomic E-state index is 12.0. The number of halogens is 1. The van der Waals surface area contributed by atoms with Crippen LogP contribution >= 0.6 is 12.4 Å². The van der Waals surface area contributed by atoms with Crippen molar-refractivity contribution in [3.8, 4) is 0 Å². The minimum atomic E-state index is -0.386. The first kappa shape index (κ1) is 16.7. The van der Waals surface area contributed by atoms with Crippen molar-refractivity contribution in [1.82, 2.24) is 4.90 Å². The molecule has 1 rings (SSSR count). The van der Waals surface area contributed by atoms with Gasteiger partial charge in [-0.3, -0.25) is 4.79 Å². The standard InChI is InChI=1S/C12H24N2O2.ClH/c1-8(2)11(13)12(16)14-6-4-10(5-7-14)9(3)15;/h8-11,15H,4-7,13H2,1-3H3;1H/t9?,11-;/m0./s1. The van der Waals surface area contributed by atoms with Crippen LogP contribution in [0.5, 0.6) is 0 Å². The van der Waals surface area contributed by atoms with Crippen LogP contribution in [0.2, 0.25) is 0 Å². The van der Waals surface area contributed by atoms with E-state index in [2.05, 4.69) is 0 Å². The number of hydrogen-bond donors (Lipinski definition) is 2. The maximum Gasteiger partial charge on any atom is 0.239 e. The van der Waals surface area contributed by atoms with E-state index in [0.29, 0.717) is 5.92 Å².